The summed E-state index contributed by atoms with van der Waals surface area (Å²) in [6.07, 6.45) is 0. The Bertz CT molecular complexity index is 1050. The minimum atomic E-state index is -0.0731. The van der Waals surface area contributed by atoms with Gasteiger partial charge in [-0.1, -0.05) is 12.1 Å². The minimum absolute atomic E-state index is 0.0731. The molecule has 0 amide bonds. The van der Waals surface area contributed by atoms with Crippen LogP contribution in [0.1, 0.15) is 36.1 Å². The van der Waals surface area contributed by atoms with Gasteiger partial charge in [0, 0.05) is 11.3 Å². The van der Waals surface area contributed by atoms with Gasteiger partial charge in [0.1, 0.15) is 6.04 Å². The van der Waals surface area contributed by atoms with Crippen molar-refractivity contribution in [1.29, 1.82) is 0 Å². The van der Waals surface area contributed by atoms with Crippen molar-refractivity contribution in [3.8, 4) is 0 Å². The van der Waals surface area contributed by atoms with Gasteiger partial charge in [-0.25, -0.2) is 4.98 Å². The molecule has 4 rings (SSSR count). The fraction of sp³-hybridized carbons (Fsp3) is 0.318. The maximum absolute atomic E-state index is 12.4. The van der Waals surface area contributed by atoms with Gasteiger partial charge >= 0.3 is 0 Å². The summed E-state index contributed by atoms with van der Waals surface area (Å²) < 4.78 is 0. The molecule has 3 aromatic rings. The number of para-hydroxylation sites is 1. The number of rotatable bonds is 4. The van der Waals surface area contributed by atoms with Gasteiger partial charge in [0.2, 0.25) is 0 Å². The number of anilines is 1. The summed E-state index contributed by atoms with van der Waals surface area (Å²) >= 11 is 0. The number of Topliss-reactive ketones (excluding diaryl/α,β-unsaturated/α-hetero) is 1. The van der Waals surface area contributed by atoms with E-state index >= 15 is 0 Å². The molecule has 0 unspecified atom stereocenters. The lowest BCUT2D eigenvalue weighted by Crippen LogP contribution is -3.14. The Hall–Kier alpha value is -2.99. The molecular weight excluding hydrogens is 352 g/mol. The Labute approximate surface area is 163 Å². The maximum atomic E-state index is 12.4. The summed E-state index contributed by atoms with van der Waals surface area (Å²) in [7, 11) is 0. The number of carbonyl (C=O) groups is 1. The second-order valence-electron chi connectivity index (χ2n) is 7.44. The zero-order chi connectivity index (χ0) is 19.7. The van der Waals surface area contributed by atoms with Gasteiger partial charge in [0.25, 0.3) is 5.56 Å². The van der Waals surface area contributed by atoms with Crippen LogP contribution >= 0.6 is 0 Å². The molecule has 1 atom stereocenters. The minimum Gasteiger partial charge on any atom is -0.360 e. The molecule has 0 saturated carbocycles. The van der Waals surface area contributed by atoms with E-state index in [1.165, 1.54) is 4.90 Å². The number of carbonyl (C=O) groups excluding carboxylic acids is 1. The van der Waals surface area contributed by atoms with Crippen molar-refractivity contribution in [2.45, 2.75) is 19.9 Å². The highest BCUT2D eigenvalue weighted by Crippen LogP contribution is 2.16. The van der Waals surface area contributed by atoms with E-state index in [0.717, 1.165) is 48.8 Å². The van der Waals surface area contributed by atoms with Crippen LogP contribution < -0.4 is 15.4 Å². The van der Waals surface area contributed by atoms with E-state index in [1.54, 1.807) is 13.0 Å². The number of benzene rings is 2. The highest BCUT2D eigenvalue weighted by atomic mass is 16.1. The maximum Gasteiger partial charge on any atom is 0.258 e. The number of hydrogen-bond acceptors (Lipinski definition) is 4. The number of fused-ring (bicyclic) bond motifs is 1. The van der Waals surface area contributed by atoms with Crippen molar-refractivity contribution in [1.82, 2.24) is 9.97 Å². The van der Waals surface area contributed by atoms with Crippen molar-refractivity contribution < 1.29 is 9.69 Å². The molecule has 1 aromatic heterocycles. The number of hydrogen-bond donors (Lipinski definition) is 2. The molecule has 2 heterocycles. The zero-order valence-corrected chi connectivity index (χ0v) is 16.2. The van der Waals surface area contributed by atoms with E-state index in [0.29, 0.717) is 5.39 Å². The van der Waals surface area contributed by atoms with Crippen molar-refractivity contribution in [3.63, 3.8) is 0 Å². The van der Waals surface area contributed by atoms with Crippen LogP contribution in [0.2, 0.25) is 0 Å². The number of ketones is 1. The molecule has 6 nitrogen and oxygen atoms in total. The van der Waals surface area contributed by atoms with Crippen molar-refractivity contribution >= 4 is 22.4 Å². The number of piperazine rings is 1. The monoisotopic (exact) mass is 377 g/mol. The summed E-state index contributed by atoms with van der Waals surface area (Å²) in [5, 5.41) is 0.632. The predicted octanol–water partition coefficient (Wildman–Crippen LogP) is 1.59. The SMILES string of the molecule is CC(=O)c1ccc(N2CC[NH+]([C@@H](C)c3nc4ccccc4c(=O)[nH]3)CC2)cc1. The second-order valence-corrected chi connectivity index (χ2v) is 7.44. The molecule has 28 heavy (non-hydrogen) atoms. The van der Waals surface area contributed by atoms with Crippen LogP contribution in [0.25, 0.3) is 10.9 Å². The molecule has 0 aliphatic carbocycles. The van der Waals surface area contributed by atoms with Crippen LogP contribution in [-0.2, 0) is 0 Å². The van der Waals surface area contributed by atoms with Gasteiger partial charge in [0.05, 0.1) is 37.1 Å². The van der Waals surface area contributed by atoms with E-state index in [1.807, 2.05) is 42.5 Å². The highest BCUT2D eigenvalue weighted by molar-refractivity contribution is 5.94. The van der Waals surface area contributed by atoms with E-state index in [4.69, 9.17) is 4.98 Å². The molecule has 0 spiro atoms. The molecule has 1 fully saturated rings. The van der Waals surface area contributed by atoms with Crippen molar-refractivity contribution in [3.05, 3.63) is 70.3 Å². The van der Waals surface area contributed by atoms with E-state index < -0.39 is 0 Å². The predicted molar refractivity (Wildman–Crippen MR) is 110 cm³/mol. The summed E-state index contributed by atoms with van der Waals surface area (Å²) in [5.74, 6) is 0.837. The van der Waals surface area contributed by atoms with Gasteiger partial charge in [-0.2, -0.15) is 0 Å². The summed E-state index contributed by atoms with van der Waals surface area (Å²) in [6.45, 7) is 7.50. The number of aromatic nitrogens is 2. The molecule has 6 heteroatoms. The Balaban J connectivity index is 1.46. The lowest BCUT2D eigenvalue weighted by molar-refractivity contribution is -0.930. The van der Waals surface area contributed by atoms with Gasteiger partial charge in [-0.15, -0.1) is 0 Å². The van der Waals surface area contributed by atoms with Crippen LogP contribution in [0.3, 0.4) is 0 Å². The Morgan fingerprint density at radius 1 is 1.11 bits per heavy atom. The lowest BCUT2D eigenvalue weighted by atomic mass is 10.1. The average molecular weight is 377 g/mol. The molecule has 1 aliphatic rings. The number of H-pyrrole nitrogens is 1. The fourth-order valence-corrected chi connectivity index (χ4v) is 3.90. The van der Waals surface area contributed by atoms with E-state index in [9.17, 15) is 9.59 Å². The summed E-state index contributed by atoms with van der Waals surface area (Å²) in [5.41, 5.74) is 2.56. The largest absolute Gasteiger partial charge is 0.360 e. The van der Waals surface area contributed by atoms with Gasteiger partial charge in [0.15, 0.2) is 11.6 Å². The molecule has 1 saturated heterocycles. The molecular formula is C22H25N4O2+. The Kier molecular flexibility index (Phi) is 4.96. The van der Waals surface area contributed by atoms with E-state index in [-0.39, 0.29) is 17.4 Å². The molecule has 0 radical (unpaired) electrons. The van der Waals surface area contributed by atoms with Gasteiger partial charge in [-0.3, -0.25) is 9.59 Å². The van der Waals surface area contributed by atoms with Crippen LogP contribution in [0, 0.1) is 0 Å². The normalized spacial score (nSPS) is 16.3. The van der Waals surface area contributed by atoms with Crippen molar-refractivity contribution in [2.24, 2.45) is 0 Å². The van der Waals surface area contributed by atoms with Crippen LogP contribution in [0.4, 0.5) is 5.69 Å². The first kappa shape index (κ1) is 18.4. The second kappa shape index (κ2) is 7.56. The number of nitrogens with zero attached hydrogens (tertiary/aromatic N) is 2. The topological polar surface area (TPSA) is 70.5 Å². The third-order valence-electron chi connectivity index (χ3n) is 5.70. The third-order valence-corrected chi connectivity index (χ3v) is 5.70. The summed E-state index contributed by atoms with van der Waals surface area (Å²) in [4.78, 5) is 35.2. The van der Waals surface area contributed by atoms with Crippen LogP contribution in [0.15, 0.2) is 53.3 Å². The number of nitrogens with one attached hydrogen (secondary N) is 2. The zero-order valence-electron chi connectivity index (χ0n) is 16.2. The molecule has 2 N–H and O–H groups in total. The van der Waals surface area contributed by atoms with E-state index in [2.05, 4.69) is 16.8 Å². The summed E-state index contributed by atoms with van der Waals surface area (Å²) in [6, 6.07) is 15.4. The first-order valence-corrected chi connectivity index (χ1v) is 9.72. The van der Waals surface area contributed by atoms with Crippen LogP contribution in [0.5, 0.6) is 0 Å². The first-order chi connectivity index (χ1) is 13.5. The fourth-order valence-electron chi connectivity index (χ4n) is 3.90. The Morgan fingerprint density at radius 2 is 1.79 bits per heavy atom. The molecule has 2 aromatic carbocycles. The van der Waals surface area contributed by atoms with Gasteiger partial charge in [-0.05, 0) is 50.2 Å². The average Bonchev–Trinajstić information content (AvgIpc) is 2.73. The number of quaternary nitrogens is 1. The standard InChI is InChI=1S/C22H24N4O2/c1-15(21-23-20-6-4-3-5-19(20)22(28)24-21)25-11-13-26(14-12-25)18-9-7-17(8-10-18)16(2)27/h3-10,15H,11-14H2,1-2H3,(H,23,24,28)/p+1/t15-/m0/s1. The first-order valence-electron chi connectivity index (χ1n) is 9.72. The highest BCUT2D eigenvalue weighted by Gasteiger charge is 2.27. The van der Waals surface area contributed by atoms with Gasteiger partial charge < -0.3 is 14.8 Å². The quantitative estimate of drug-likeness (QED) is 0.678. The smallest absolute Gasteiger partial charge is 0.258 e. The number of aromatic amines is 1. The lowest BCUT2D eigenvalue weighted by Gasteiger charge is -2.36. The molecule has 144 valence electrons. The Morgan fingerprint density at radius 3 is 2.46 bits per heavy atom. The molecule has 1 aliphatic heterocycles. The van der Waals surface area contributed by atoms with Crippen LogP contribution in [-0.4, -0.2) is 41.9 Å². The third kappa shape index (κ3) is 3.55. The molecule has 0 bridgehead atoms. The van der Waals surface area contributed by atoms with Crippen molar-refractivity contribution in [2.75, 3.05) is 31.1 Å².